The minimum absolute atomic E-state index is 0.135. The van der Waals surface area contributed by atoms with Crippen molar-refractivity contribution in [1.82, 2.24) is 5.32 Å². The molecule has 1 N–H and O–H groups in total. The summed E-state index contributed by atoms with van der Waals surface area (Å²) in [6, 6.07) is 15.5. The highest BCUT2D eigenvalue weighted by atomic mass is 16.5. The van der Waals surface area contributed by atoms with Crippen molar-refractivity contribution in [1.29, 1.82) is 0 Å². The maximum absolute atomic E-state index is 12.1. The third-order valence-electron chi connectivity index (χ3n) is 3.54. The number of aliphatic imine (C=N–C) groups is 1. The van der Waals surface area contributed by atoms with Gasteiger partial charge in [0.15, 0.2) is 0 Å². The van der Waals surface area contributed by atoms with E-state index >= 15 is 0 Å². The zero-order chi connectivity index (χ0) is 17.1. The van der Waals surface area contributed by atoms with Crippen LogP contribution in [0, 0.1) is 6.92 Å². The maximum atomic E-state index is 12.1. The van der Waals surface area contributed by atoms with E-state index in [0.717, 1.165) is 22.4 Å². The zero-order valence-electron chi connectivity index (χ0n) is 14.0. The summed E-state index contributed by atoms with van der Waals surface area (Å²) in [6.07, 6.45) is 1.91. The molecular formula is C20H20N2O2. The molecule has 0 bridgehead atoms. The van der Waals surface area contributed by atoms with Crippen LogP contribution in [0.25, 0.3) is 6.08 Å². The Labute approximate surface area is 141 Å². The SMILES string of the molecule is Cc1cccc(C2=N/C(=C/c3ccc(OC(C)C)cc3)C(=O)N2)c1. The number of benzene rings is 2. The van der Waals surface area contributed by atoms with Crippen molar-refractivity contribution in [3.63, 3.8) is 0 Å². The third kappa shape index (κ3) is 3.71. The first-order valence-electron chi connectivity index (χ1n) is 7.97. The molecule has 0 saturated carbocycles. The van der Waals surface area contributed by atoms with Gasteiger partial charge in [-0.15, -0.1) is 0 Å². The van der Waals surface area contributed by atoms with Crippen LogP contribution in [0.2, 0.25) is 0 Å². The molecule has 1 aliphatic heterocycles. The van der Waals surface area contributed by atoms with E-state index in [-0.39, 0.29) is 12.0 Å². The Morgan fingerprint density at radius 1 is 1.12 bits per heavy atom. The van der Waals surface area contributed by atoms with Crippen LogP contribution in [0.3, 0.4) is 0 Å². The molecule has 0 aromatic heterocycles. The lowest BCUT2D eigenvalue weighted by Crippen LogP contribution is -2.24. The first-order valence-corrected chi connectivity index (χ1v) is 7.97. The van der Waals surface area contributed by atoms with Gasteiger partial charge in [0.05, 0.1) is 6.10 Å². The number of amides is 1. The van der Waals surface area contributed by atoms with Crippen LogP contribution < -0.4 is 10.1 Å². The van der Waals surface area contributed by atoms with E-state index in [9.17, 15) is 4.79 Å². The molecule has 4 heteroatoms. The summed E-state index contributed by atoms with van der Waals surface area (Å²) in [6.45, 7) is 5.99. The van der Waals surface area contributed by atoms with E-state index in [1.807, 2.05) is 69.3 Å². The molecule has 0 aliphatic carbocycles. The monoisotopic (exact) mass is 320 g/mol. The van der Waals surface area contributed by atoms with Gasteiger partial charge >= 0.3 is 0 Å². The molecule has 0 fully saturated rings. The summed E-state index contributed by atoms with van der Waals surface area (Å²) in [5.74, 6) is 1.22. The summed E-state index contributed by atoms with van der Waals surface area (Å²) in [7, 11) is 0. The van der Waals surface area contributed by atoms with E-state index in [0.29, 0.717) is 11.5 Å². The van der Waals surface area contributed by atoms with Gasteiger partial charge in [-0.05, 0) is 50.6 Å². The molecule has 122 valence electrons. The van der Waals surface area contributed by atoms with Crippen molar-refractivity contribution in [3.05, 3.63) is 70.9 Å². The lowest BCUT2D eigenvalue weighted by molar-refractivity contribution is -0.115. The molecule has 0 spiro atoms. The number of amidine groups is 1. The average Bonchev–Trinajstić information content (AvgIpc) is 2.90. The van der Waals surface area contributed by atoms with Crippen molar-refractivity contribution in [2.75, 3.05) is 0 Å². The molecule has 1 heterocycles. The number of hydrogen-bond donors (Lipinski definition) is 1. The number of carbonyl (C=O) groups excluding carboxylic acids is 1. The summed E-state index contributed by atoms with van der Waals surface area (Å²) < 4.78 is 5.62. The molecule has 0 saturated heterocycles. The highest BCUT2D eigenvalue weighted by molar-refractivity contribution is 6.19. The molecule has 3 rings (SSSR count). The molecule has 0 atom stereocenters. The third-order valence-corrected chi connectivity index (χ3v) is 3.54. The number of nitrogens with one attached hydrogen (secondary N) is 1. The molecule has 4 nitrogen and oxygen atoms in total. The van der Waals surface area contributed by atoms with Crippen molar-refractivity contribution in [2.24, 2.45) is 4.99 Å². The van der Waals surface area contributed by atoms with Crippen LogP contribution in [-0.2, 0) is 4.79 Å². The largest absolute Gasteiger partial charge is 0.491 e. The predicted molar refractivity (Wildman–Crippen MR) is 96.0 cm³/mol. The first-order chi connectivity index (χ1) is 11.5. The van der Waals surface area contributed by atoms with E-state index < -0.39 is 0 Å². The fourth-order valence-electron chi connectivity index (χ4n) is 2.47. The Morgan fingerprint density at radius 3 is 2.54 bits per heavy atom. The number of aryl methyl sites for hydroxylation is 1. The molecule has 1 amide bonds. The fourth-order valence-corrected chi connectivity index (χ4v) is 2.47. The summed E-state index contributed by atoms with van der Waals surface area (Å²) in [5.41, 5.74) is 3.35. The minimum atomic E-state index is -0.186. The van der Waals surface area contributed by atoms with Crippen molar-refractivity contribution < 1.29 is 9.53 Å². The Kier molecular flexibility index (Phi) is 4.47. The van der Waals surface area contributed by atoms with Crippen LogP contribution in [0.5, 0.6) is 5.75 Å². The fraction of sp³-hybridized carbons (Fsp3) is 0.200. The summed E-state index contributed by atoms with van der Waals surface area (Å²) >= 11 is 0. The highest BCUT2D eigenvalue weighted by Crippen LogP contribution is 2.19. The topological polar surface area (TPSA) is 50.7 Å². The molecule has 1 aliphatic rings. The molecule has 24 heavy (non-hydrogen) atoms. The number of rotatable bonds is 4. The maximum Gasteiger partial charge on any atom is 0.275 e. The van der Waals surface area contributed by atoms with Gasteiger partial charge in [0.25, 0.3) is 5.91 Å². The van der Waals surface area contributed by atoms with Crippen LogP contribution in [0.4, 0.5) is 0 Å². The number of nitrogens with zero attached hydrogens (tertiary/aromatic N) is 1. The normalized spacial score (nSPS) is 15.6. The molecule has 2 aromatic rings. The number of carbonyl (C=O) groups is 1. The Balaban J connectivity index is 1.83. The second kappa shape index (κ2) is 6.71. The molecular weight excluding hydrogens is 300 g/mol. The summed E-state index contributed by atoms with van der Waals surface area (Å²) in [5, 5.41) is 2.82. The Bertz CT molecular complexity index is 818. The van der Waals surface area contributed by atoms with E-state index in [4.69, 9.17) is 4.74 Å². The standard InChI is InChI=1S/C20H20N2O2/c1-13(2)24-17-9-7-15(8-10-17)12-18-20(23)22-19(21-18)16-6-4-5-14(3)11-16/h4-13H,1-3H3,(H,21,22,23)/b18-12+. The van der Waals surface area contributed by atoms with Gasteiger partial charge in [-0.1, -0.05) is 35.9 Å². The van der Waals surface area contributed by atoms with Gasteiger partial charge in [0, 0.05) is 5.56 Å². The molecule has 2 aromatic carbocycles. The quantitative estimate of drug-likeness (QED) is 0.873. The van der Waals surface area contributed by atoms with Gasteiger partial charge < -0.3 is 10.1 Å². The van der Waals surface area contributed by atoms with Crippen LogP contribution in [0.15, 0.2) is 59.2 Å². The minimum Gasteiger partial charge on any atom is -0.491 e. The van der Waals surface area contributed by atoms with Crippen molar-refractivity contribution >= 4 is 17.8 Å². The van der Waals surface area contributed by atoms with Gasteiger partial charge in [-0.2, -0.15) is 0 Å². The Morgan fingerprint density at radius 2 is 1.88 bits per heavy atom. The van der Waals surface area contributed by atoms with Crippen molar-refractivity contribution in [3.8, 4) is 5.75 Å². The smallest absolute Gasteiger partial charge is 0.275 e. The van der Waals surface area contributed by atoms with Crippen LogP contribution in [0.1, 0.15) is 30.5 Å². The van der Waals surface area contributed by atoms with Gasteiger partial charge in [-0.3, -0.25) is 4.79 Å². The van der Waals surface area contributed by atoms with Crippen molar-refractivity contribution in [2.45, 2.75) is 26.9 Å². The summed E-state index contributed by atoms with van der Waals surface area (Å²) in [4.78, 5) is 16.6. The lowest BCUT2D eigenvalue weighted by Gasteiger charge is -2.09. The van der Waals surface area contributed by atoms with E-state index in [1.54, 1.807) is 6.08 Å². The van der Waals surface area contributed by atoms with Gasteiger partial charge in [-0.25, -0.2) is 4.99 Å². The van der Waals surface area contributed by atoms with Gasteiger partial charge in [0.2, 0.25) is 0 Å². The second-order valence-electron chi connectivity index (χ2n) is 6.05. The molecule has 0 unspecified atom stereocenters. The second-order valence-corrected chi connectivity index (χ2v) is 6.05. The van der Waals surface area contributed by atoms with E-state index in [1.165, 1.54) is 0 Å². The highest BCUT2D eigenvalue weighted by Gasteiger charge is 2.21. The Hall–Kier alpha value is -2.88. The van der Waals surface area contributed by atoms with Gasteiger partial charge in [0.1, 0.15) is 17.3 Å². The first kappa shape index (κ1) is 16.0. The van der Waals surface area contributed by atoms with E-state index in [2.05, 4.69) is 10.3 Å². The predicted octanol–water partition coefficient (Wildman–Crippen LogP) is 3.70. The van der Waals surface area contributed by atoms with Crippen LogP contribution in [-0.4, -0.2) is 17.8 Å². The molecule has 0 radical (unpaired) electrons. The number of hydrogen-bond acceptors (Lipinski definition) is 3. The number of ether oxygens (including phenoxy) is 1. The zero-order valence-corrected chi connectivity index (χ0v) is 14.0. The van der Waals surface area contributed by atoms with Crippen LogP contribution >= 0.6 is 0 Å². The average molecular weight is 320 g/mol. The lowest BCUT2D eigenvalue weighted by atomic mass is 10.1.